The van der Waals surface area contributed by atoms with Gasteiger partial charge in [0, 0.05) is 18.4 Å². The second-order valence-electron chi connectivity index (χ2n) is 4.72. The van der Waals surface area contributed by atoms with Crippen LogP contribution in [0.2, 0.25) is 0 Å². The van der Waals surface area contributed by atoms with Crippen LogP contribution >= 0.6 is 12.2 Å². The fourth-order valence-corrected chi connectivity index (χ4v) is 2.65. The highest BCUT2D eigenvalue weighted by Gasteiger charge is 2.25. The van der Waals surface area contributed by atoms with Gasteiger partial charge in [0.05, 0.1) is 0 Å². The zero-order chi connectivity index (χ0) is 14.3. The summed E-state index contributed by atoms with van der Waals surface area (Å²) in [7, 11) is 0. The van der Waals surface area contributed by atoms with E-state index in [1.165, 1.54) is 22.9 Å². The summed E-state index contributed by atoms with van der Waals surface area (Å²) in [6, 6.07) is 1.85. The summed E-state index contributed by atoms with van der Waals surface area (Å²) in [6.07, 6.45) is 4.06. The van der Waals surface area contributed by atoms with Gasteiger partial charge in [0.15, 0.2) is 16.4 Å². The summed E-state index contributed by atoms with van der Waals surface area (Å²) in [6.45, 7) is 0. The molecule has 0 aliphatic heterocycles. The molecule has 2 aromatic rings. The first-order valence-electron chi connectivity index (χ1n) is 6.08. The van der Waals surface area contributed by atoms with Crippen molar-refractivity contribution in [2.24, 2.45) is 0 Å². The molecule has 0 bridgehead atoms. The third-order valence-electron chi connectivity index (χ3n) is 3.37. The maximum atomic E-state index is 13.2. The Kier molecular flexibility index (Phi) is 3.13. The van der Waals surface area contributed by atoms with E-state index in [4.69, 9.17) is 12.2 Å². The zero-order valence-corrected chi connectivity index (χ0v) is 11.1. The van der Waals surface area contributed by atoms with Crippen LogP contribution in [0.25, 0.3) is 0 Å². The lowest BCUT2D eigenvalue weighted by Gasteiger charge is -2.11. The molecule has 104 valence electrons. The van der Waals surface area contributed by atoms with Gasteiger partial charge in [-0.1, -0.05) is 0 Å². The maximum absolute atomic E-state index is 13.2. The number of rotatable bonds is 1. The van der Waals surface area contributed by atoms with Gasteiger partial charge in [-0.2, -0.15) is 0 Å². The molecule has 0 saturated heterocycles. The van der Waals surface area contributed by atoms with Crippen molar-refractivity contribution in [3.63, 3.8) is 0 Å². The van der Waals surface area contributed by atoms with Gasteiger partial charge in [-0.05, 0) is 48.3 Å². The van der Waals surface area contributed by atoms with E-state index in [1.807, 2.05) is 0 Å². The van der Waals surface area contributed by atoms with E-state index in [0.29, 0.717) is 17.6 Å². The highest BCUT2D eigenvalue weighted by molar-refractivity contribution is 7.71. The van der Waals surface area contributed by atoms with Gasteiger partial charge in [-0.3, -0.25) is 0 Å². The second-order valence-corrected chi connectivity index (χ2v) is 5.11. The average Bonchev–Trinajstić information content (AvgIpc) is 2.96. The number of fused-ring (bicyclic) bond motifs is 1. The SMILES string of the molecule is O=C(NC1Cc2cc(F)c(F)cc2C1)n1cc[nH]c1=S. The van der Waals surface area contributed by atoms with Gasteiger partial charge in [-0.15, -0.1) is 0 Å². The number of nitrogens with one attached hydrogen (secondary N) is 2. The van der Waals surface area contributed by atoms with Crippen molar-refractivity contribution in [1.29, 1.82) is 0 Å². The van der Waals surface area contributed by atoms with Gasteiger partial charge in [0.25, 0.3) is 0 Å². The average molecular weight is 295 g/mol. The third-order valence-corrected chi connectivity index (χ3v) is 3.69. The number of amides is 1. The molecule has 1 heterocycles. The summed E-state index contributed by atoms with van der Waals surface area (Å²) in [5.74, 6) is -1.72. The Labute approximate surface area is 118 Å². The molecule has 1 aliphatic rings. The predicted molar refractivity (Wildman–Crippen MR) is 71.1 cm³/mol. The number of halogens is 2. The zero-order valence-electron chi connectivity index (χ0n) is 10.3. The van der Waals surface area contributed by atoms with Crippen molar-refractivity contribution >= 4 is 18.2 Å². The first kappa shape index (κ1) is 13.0. The van der Waals surface area contributed by atoms with Crippen LogP contribution in [-0.4, -0.2) is 21.6 Å². The lowest BCUT2D eigenvalue weighted by molar-refractivity contribution is 0.238. The van der Waals surface area contributed by atoms with Gasteiger partial charge < -0.3 is 10.3 Å². The van der Waals surface area contributed by atoms with E-state index in [1.54, 1.807) is 6.20 Å². The van der Waals surface area contributed by atoms with Crippen LogP contribution < -0.4 is 5.32 Å². The van der Waals surface area contributed by atoms with E-state index in [0.717, 1.165) is 11.1 Å². The molecule has 1 amide bonds. The fraction of sp³-hybridized carbons (Fsp3) is 0.231. The Morgan fingerprint density at radius 3 is 2.40 bits per heavy atom. The number of benzene rings is 1. The van der Waals surface area contributed by atoms with Crippen molar-refractivity contribution in [3.05, 3.63) is 52.1 Å². The van der Waals surface area contributed by atoms with E-state index >= 15 is 0 Å². The van der Waals surface area contributed by atoms with Gasteiger partial charge >= 0.3 is 6.03 Å². The number of carbonyl (C=O) groups excluding carboxylic acids is 1. The minimum absolute atomic E-state index is 0.185. The van der Waals surface area contributed by atoms with Gasteiger partial charge in [-0.25, -0.2) is 18.1 Å². The van der Waals surface area contributed by atoms with Crippen LogP contribution in [-0.2, 0) is 12.8 Å². The number of aromatic amines is 1. The summed E-state index contributed by atoms with van der Waals surface area (Å²) < 4.78 is 27.9. The van der Waals surface area contributed by atoms with Crippen molar-refractivity contribution in [2.45, 2.75) is 18.9 Å². The molecular weight excluding hydrogens is 284 g/mol. The number of imidazole rings is 1. The van der Waals surface area contributed by atoms with Crippen molar-refractivity contribution in [2.75, 3.05) is 0 Å². The molecule has 1 aromatic carbocycles. The fourth-order valence-electron chi connectivity index (χ4n) is 2.44. The van der Waals surface area contributed by atoms with Crippen molar-refractivity contribution in [3.8, 4) is 0 Å². The lowest BCUT2D eigenvalue weighted by Crippen LogP contribution is -2.38. The smallest absolute Gasteiger partial charge is 0.328 e. The minimum Gasteiger partial charge on any atom is -0.337 e. The number of aromatic nitrogens is 2. The Morgan fingerprint density at radius 1 is 1.30 bits per heavy atom. The molecular formula is C13H11F2N3OS. The van der Waals surface area contributed by atoms with Crippen LogP contribution in [0.1, 0.15) is 11.1 Å². The Balaban J connectivity index is 1.75. The number of nitrogens with zero attached hydrogens (tertiary/aromatic N) is 1. The summed E-state index contributed by atoms with van der Waals surface area (Å²) in [4.78, 5) is 14.7. The maximum Gasteiger partial charge on any atom is 0.328 e. The Bertz CT molecular complexity index is 706. The minimum atomic E-state index is -0.858. The lowest BCUT2D eigenvalue weighted by atomic mass is 10.1. The molecule has 1 aromatic heterocycles. The Hall–Kier alpha value is -2.02. The molecule has 20 heavy (non-hydrogen) atoms. The summed E-state index contributed by atoms with van der Waals surface area (Å²) in [5.41, 5.74) is 1.46. The highest BCUT2D eigenvalue weighted by atomic mass is 32.1. The first-order valence-corrected chi connectivity index (χ1v) is 6.49. The molecule has 0 radical (unpaired) electrons. The second kappa shape index (κ2) is 4.82. The molecule has 4 nitrogen and oxygen atoms in total. The number of carbonyl (C=O) groups is 1. The molecule has 0 fully saturated rings. The molecule has 0 unspecified atom stereocenters. The summed E-state index contributed by atoms with van der Waals surface area (Å²) >= 11 is 4.95. The molecule has 2 N–H and O–H groups in total. The van der Waals surface area contributed by atoms with Crippen LogP contribution in [0.15, 0.2) is 24.5 Å². The molecule has 0 atom stereocenters. The topological polar surface area (TPSA) is 49.8 Å². The number of hydrogen-bond acceptors (Lipinski definition) is 2. The van der Waals surface area contributed by atoms with E-state index < -0.39 is 11.6 Å². The van der Waals surface area contributed by atoms with E-state index in [9.17, 15) is 13.6 Å². The van der Waals surface area contributed by atoms with Gasteiger partial charge in [0.2, 0.25) is 0 Å². The summed E-state index contributed by atoms with van der Waals surface area (Å²) in [5, 5.41) is 2.80. The molecule has 1 aliphatic carbocycles. The molecule has 0 saturated carbocycles. The normalized spacial score (nSPS) is 14.3. The number of hydrogen-bond donors (Lipinski definition) is 2. The van der Waals surface area contributed by atoms with Crippen LogP contribution in [0, 0.1) is 16.4 Å². The molecule has 0 spiro atoms. The van der Waals surface area contributed by atoms with Crippen LogP contribution in [0.5, 0.6) is 0 Å². The molecule has 3 rings (SSSR count). The quantitative estimate of drug-likeness (QED) is 0.794. The highest BCUT2D eigenvalue weighted by Crippen LogP contribution is 2.24. The van der Waals surface area contributed by atoms with Crippen molar-refractivity contribution in [1.82, 2.24) is 14.9 Å². The van der Waals surface area contributed by atoms with E-state index in [2.05, 4.69) is 10.3 Å². The van der Waals surface area contributed by atoms with E-state index in [-0.39, 0.29) is 12.1 Å². The van der Waals surface area contributed by atoms with Crippen LogP contribution in [0.4, 0.5) is 13.6 Å². The van der Waals surface area contributed by atoms with Gasteiger partial charge in [0.1, 0.15) is 0 Å². The monoisotopic (exact) mass is 295 g/mol. The standard InChI is InChI=1S/C13H11F2N3OS/c14-10-5-7-3-9(4-8(7)6-11(10)15)17-12(19)18-2-1-16-13(18)20/h1-2,5-6,9H,3-4H2,(H,16,20)(H,17,19). The largest absolute Gasteiger partial charge is 0.337 e. The van der Waals surface area contributed by atoms with Crippen molar-refractivity contribution < 1.29 is 13.6 Å². The van der Waals surface area contributed by atoms with Crippen LogP contribution in [0.3, 0.4) is 0 Å². The predicted octanol–water partition coefficient (Wildman–Crippen LogP) is 2.55. The molecule has 7 heteroatoms. The Morgan fingerprint density at radius 2 is 1.90 bits per heavy atom. The third kappa shape index (κ3) is 2.24. The number of H-pyrrole nitrogens is 1. The first-order chi connectivity index (χ1) is 9.54.